The fraction of sp³-hybridized carbons (Fsp3) is 0.308. The summed E-state index contributed by atoms with van der Waals surface area (Å²) in [5.74, 6) is -2.48. The van der Waals surface area contributed by atoms with Crippen LogP contribution in [0.1, 0.15) is 91.7 Å². The average molecular weight is 828 g/mol. The standard InChI is InChI=1S/C39H41N9O10S/c1-6-23-32(57-19(3)42-23)36(53)45-38-44-25-15-21(34(40)51)17-27(56-14-10-11-29(49)50)30(25)47(38)12-8-9-13-48-31-26(55-5)16-22(35(41)52)18-28(31)59-39(48)46-37(54)33-24(7-2)43-20(4)58-33/h8-9,15-18H,6-7,10-14H2,1-5H3,(H2,40,51)(H2,41,52)(H,49,50)(H,44,45,53)/b9-8+,46-39?. The molecular weight excluding hydrogens is 787 g/mol. The Morgan fingerprint density at radius 1 is 0.864 bits per heavy atom. The van der Waals surface area contributed by atoms with Crippen LogP contribution in [0.2, 0.25) is 0 Å². The lowest BCUT2D eigenvalue weighted by molar-refractivity contribution is -0.137. The maximum Gasteiger partial charge on any atom is 0.317 e. The summed E-state index contributed by atoms with van der Waals surface area (Å²) in [5, 5.41) is 12.0. The predicted molar refractivity (Wildman–Crippen MR) is 214 cm³/mol. The van der Waals surface area contributed by atoms with E-state index in [1.54, 1.807) is 41.2 Å². The average Bonchev–Trinajstić information content (AvgIpc) is 3.96. The van der Waals surface area contributed by atoms with E-state index in [1.807, 2.05) is 13.8 Å². The number of nitrogens with one attached hydrogen (secondary N) is 1. The van der Waals surface area contributed by atoms with Crippen molar-refractivity contribution in [3.8, 4) is 11.5 Å². The van der Waals surface area contributed by atoms with E-state index in [0.717, 1.165) is 11.3 Å². The summed E-state index contributed by atoms with van der Waals surface area (Å²) in [6, 6.07) is 5.98. The Hall–Kier alpha value is -7.09. The third-order valence-corrected chi connectivity index (χ3v) is 10.00. The van der Waals surface area contributed by atoms with Gasteiger partial charge in [-0.25, -0.2) is 15.0 Å². The molecule has 0 radical (unpaired) electrons. The summed E-state index contributed by atoms with van der Waals surface area (Å²) < 4.78 is 26.8. The van der Waals surface area contributed by atoms with Crippen LogP contribution in [0, 0.1) is 13.8 Å². The Morgan fingerprint density at radius 3 is 2.10 bits per heavy atom. The van der Waals surface area contributed by atoms with Gasteiger partial charge >= 0.3 is 11.9 Å². The number of rotatable bonds is 17. The van der Waals surface area contributed by atoms with Crippen molar-refractivity contribution in [1.29, 1.82) is 0 Å². The zero-order valence-electron chi connectivity index (χ0n) is 32.8. The van der Waals surface area contributed by atoms with E-state index in [2.05, 4.69) is 25.3 Å². The number of aliphatic carboxylic acids is 1. The number of imidazole rings is 1. The third-order valence-electron chi connectivity index (χ3n) is 8.97. The number of aryl methyl sites for hydroxylation is 4. The van der Waals surface area contributed by atoms with Gasteiger partial charge in [0.2, 0.25) is 29.3 Å². The van der Waals surface area contributed by atoms with Crippen molar-refractivity contribution in [2.75, 3.05) is 19.0 Å². The molecule has 2 aromatic carbocycles. The minimum Gasteiger partial charge on any atom is -0.494 e. The summed E-state index contributed by atoms with van der Waals surface area (Å²) >= 11 is 1.14. The van der Waals surface area contributed by atoms with Crippen LogP contribution in [0.4, 0.5) is 5.95 Å². The van der Waals surface area contributed by atoms with Gasteiger partial charge in [0, 0.05) is 44.5 Å². The molecule has 6 N–H and O–H groups in total. The van der Waals surface area contributed by atoms with Crippen molar-refractivity contribution in [1.82, 2.24) is 24.1 Å². The molecule has 0 aliphatic rings. The van der Waals surface area contributed by atoms with E-state index in [9.17, 15) is 24.0 Å². The molecule has 4 aromatic heterocycles. The fourth-order valence-corrected chi connectivity index (χ4v) is 7.40. The lowest BCUT2D eigenvalue weighted by atomic mass is 10.1. The Balaban J connectivity index is 1.44. The lowest BCUT2D eigenvalue weighted by Gasteiger charge is -2.12. The maximum absolute atomic E-state index is 13.6. The number of hydrogen-bond acceptors (Lipinski definition) is 13. The monoisotopic (exact) mass is 827 g/mol. The first-order valence-corrected chi connectivity index (χ1v) is 19.2. The van der Waals surface area contributed by atoms with Crippen molar-refractivity contribution in [2.45, 2.75) is 66.5 Å². The van der Waals surface area contributed by atoms with E-state index in [1.165, 1.54) is 25.3 Å². The smallest absolute Gasteiger partial charge is 0.317 e. The number of carbonyl (C=O) groups is 5. The van der Waals surface area contributed by atoms with Crippen LogP contribution >= 0.6 is 11.3 Å². The number of carboxylic acids is 1. The molecule has 6 aromatic rings. The van der Waals surface area contributed by atoms with Gasteiger partial charge in [-0.15, -0.1) is 0 Å². The second-order valence-electron chi connectivity index (χ2n) is 13.0. The van der Waals surface area contributed by atoms with Gasteiger partial charge in [0.05, 0.1) is 35.3 Å². The van der Waals surface area contributed by atoms with E-state index in [4.69, 9.17) is 34.9 Å². The molecule has 0 unspecified atom stereocenters. The quantitative estimate of drug-likeness (QED) is 0.0731. The number of methoxy groups -OCH3 is 1. The zero-order chi connectivity index (χ0) is 42.5. The number of ether oxygens (including phenoxy) is 2. The van der Waals surface area contributed by atoms with Crippen LogP contribution in [-0.4, -0.2) is 72.5 Å². The lowest BCUT2D eigenvalue weighted by Crippen LogP contribution is -2.18. The predicted octanol–water partition coefficient (Wildman–Crippen LogP) is 4.47. The highest BCUT2D eigenvalue weighted by atomic mass is 32.1. The molecule has 20 heteroatoms. The van der Waals surface area contributed by atoms with Gasteiger partial charge in [-0.05, 0) is 43.5 Å². The highest BCUT2D eigenvalue weighted by Crippen LogP contribution is 2.33. The summed E-state index contributed by atoms with van der Waals surface area (Å²) in [5.41, 5.74) is 13.6. The normalized spacial score (nSPS) is 11.8. The van der Waals surface area contributed by atoms with Crippen LogP contribution in [0.15, 0.2) is 50.2 Å². The van der Waals surface area contributed by atoms with Gasteiger partial charge in [-0.2, -0.15) is 4.99 Å². The minimum absolute atomic E-state index is 0.00803. The van der Waals surface area contributed by atoms with Crippen molar-refractivity contribution in [3.05, 3.63) is 87.0 Å². The molecule has 308 valence electrons. The van der Waals surface area contributed by atoms with Crippen LogP contribution in [0.5, 0.6) is 11.5 Å². The molecule has 59 heavy (non-hydrogen) atoms. The van der Waals surface area contributed by atoms with E-state index in [0.29, 0.717) is 57.5 Å². The second kappa shape index (κ2) is 17.6. The Bertz CT molecular complexity index is 2730. The summed E-state index contributed by atoms with van der Waals surface area (Å²) in [7, 11) is 1.44. The number of allylic oxidation sites excluding steroid dienone is 2. The molecule has 4 amide bonds. The highest BCUT2D eigenvalue weighted by molar-refractivity contribution is 7.16. The van der Waals surface area contributed by atoms with Crippen molar-refractivity contribution >= 4 is 68.1 Å². The van der Waals surface area contributed by atoms with Gasteiger partial charge in [-0.3, -0.25) is 29.3 Å². The molecule has 6 rings (SSSR count). The summed E-state index contributed by atoms with van der Waals surface area (Å²) in [6.45, 7) is 7.13. The maximum atomic E-state index is 13.6. The number of thiazole rings is 1. The largest absolute Gasteiger partial charge is 0.494 e. The number of amides is 4. The topological polar surface area (TPSA) is 275 Å². The first-order chi connectivity index (χ1) is 28.2. The van der Waals surface area contributed by atoms with Crippen LogP contribution in [0.3, 0.4) is 0 Å². The van der Waals surface area contributed by atoms with Crippen molar-refractivity contribution in [3.63, 3.8) is 0 Å². The molecule has 0 aliphatic heterocycles. The molecule has 0 bridgehead atoms. The Morgan fingerprint density at radius 2 is 1.47 bits per heavy atom. The van der Waals surface area contributed by atoms with Crippen LogP contribution < -0.4 is 31.1 Å². The van der Waals surface area contributed by atoms with Crippen LogP contribution in [-0.2, 0) is 30.7 Å². The number of fused-ring (bicyclic) bond motifs is 2. The number of primary amides is 2. The van der Waals surface area contributed by atoms with Crippen molar-refractivity contribution < 1.29 is 47.4 Å². The van der Waals surface area contributed by atoms with Gasteiger partial charge in [0.15, 0.2) is 16.6 Å². The number of aromatic nitrogens is 5. The molecular formula is C39H41N9O10S. The molecule has 0 saturated heterocycles. The molecule has 0 atom stereocenters. The number of anilines is 1. The number of carbonyl (C=O) groups excluding carboxylic acids is 4. The number of nitrogens with zero attached hydrogens (tertiary/aromatic N) is 6. The number of carboxylic acid groups (broad SMARTS) is 1. The van der Waals surface area contributed by atoms with E-state index in [-0.39, 0.29) is 77.2 Å². The van der Waals surface area contributed by atoms with Crippen LogP contribution in [0.25, 0.3) is 21.3 Å². The van der Waals surface area contributed by atoms with E-state index < -0.39 is 29.6 Å². The Labute approximate surface area is 339 Å². The number of hydrogen-bond donors (Lipinski definition) is 4. The third kappa shape index (κ3) is 8.91. The summed E-state index contributed by atoms with van der Waals surface area (Å²) in [4.78, 5) is 80.8. The van der Waals surface area contributed by atoms with Gasteiger partial charge in [-0.1, -0.05) is 37.3 Å². The molecule has 0 fully saturated rings. The minimum atomic E-state index is -1.000. The first kappa shape index (κ1) is 41.5. The fourth-order valence-electron chi connectivity index (χ4n) is 6.31. The van der Waals surface area contributed by atoms with Crippen molar-refractivity contribution in [2.24, 2.45) is 16.5 Å². The number of benzene rings is 2. The molecule has 19 nitrogen and oxygen atoms in total. The molecule has 0 saturated carbocycles. The second-order valence-corrected chi connectivity index (χ2v) is 14.1. The molecule has 0 aliphatic carbocycles. The van der Waals surface area contributed by atoms with Gasteiger partial charge in [0.25, 0.3) is 5.91 Å². The highest BCUT2D eigenvalue weighted by Gasteiger charge is 2.24. The first-order valence-electron chi connectivity index (χ1n) is 18.4. The van der Waals surface area contributed by atoms with Gasteiger partial charge < -0.3 is 44.0 Å². The summed E-state index contributed by atoms with van der Waals surface area (Å²) in [6.07, 6.45) is 4.44. The van der Waals surface area contributed by atoms with E-state index >= 15 is 0 Å². The molecule has 0 spiro atoms. The molecule has 4 heterocycles. The number of oxazole rings is 2. The zero-order valence-corrected chi connectivity index (χ0v) is 33.6. The number of nitrogens with two attached hydrogens (primary N) is 2. The SMILES string of the molecule is CCc1nc(C)oc1C(=O)N=c1sc2cc(C(N)=O)cc(OC)c2n1C/C=C/Cn1c(NC(=O)c2oc(C)nc2CC)nc2cc(C(N)=O)cc(OCCCC(=O)O)c21. The Kier molecular flexibility index (Phi) is 12.4. The van der Waals surface area contributed by atoms with Gasteiger partial charge in [0.1, 0.15) is 22.5 Å².